The highest BCUT2D eigenvalue weighted by Gasteiger charge is 2.23. The van der Waals surface area contributed by atoms with Gasteiger partial charge in [-0.25, -0.2) is 9.59 Å². The molecule has 0 bridgehead atoms. The summed E-state index contributed by atoms with van der Waals surface area (Å²) in [5, 5.41) is 18.5. The molecule has 0 aromatic heterocycles. The van der Waals surface area contributed by atoms with E-state index in [9.17, 15) is 19.8 Å². The van der Waals surface area contributed by atoms with Crippen molar-refractivity contribution in [3.05, 3.63) is 58.7 Å². The number of nitrogens with two attached hydrogens (primary N) is 2. The van der Waals surface area contributed by atoms with Crippen molar-refractivity contribution in [2.45, 2.75) is 6.42 Å². The van der Waals surface area contributed by atoms with Crippen molar-refractivity contribution in [1.82, 2.24) is 0 Å². The second-order valence-corrected chi connectivity index (χ2v) is 4.55. The van der Waals surface area contributed by atoms with Gasteiger partial charge in [0.1, 0.15) is 0 Å². The van der Waals surface area contributed by atoms with E-state index in [-0.39, 0.29) is 17.7 Å². The summed E-state index contributed by atoms with van der Waals surface area (Å²) in [6, 6.07) is 9.91. The minimum absolute atomic E-state index is 0.0790. The maximum Gasteiger partial charge on any atom is 0.338 e. The molecule has 0 aliphatic heterocycles. The second kappa shape index (κ2) is 5.54. The molecule has 0 unspecified atom stereocenters. The molecule has 108 valence electrons. The number of aromatic carboxylic acids is 2. The number of benzene rings is 2. The van der Waals surface area contributed by atoms with E-state index < -0.39 is 17.5 Å². The molecule has 0 aliphatic carbocycles. The van der Waals surface area contributed by atoms with Gasteiger partial charge in [-0.15, -0.1) is 0 Å². The van der Waals surface area contributed by atoms with Crippen LogP contribution in [0.15, 0.2) is 36.4 Å². The Balaban J connectivity index is 2.59. The van der Waals surface area contributed by atoms with Crippen molar-refractivity contribution in [2.24, 2.45) is 0 Å². The van der Waals surface area contributed by atoms with E-state index in [1.54, 1.807) is 24.3 Å². The van der Waals surface area contributed by atoms with Crippen molar-refractivity contribution >= 4 is 23.3 Å². The van der Waals surface area contributed by atoms with E-state index in [2.05, 4.69) is 0 Å². The Morgan fingerprint density at radius 2 is 1.43 bits per heavy atom. The number of nitrogen functional groups attached to an aromatic ring is 2. The molecule has 0 fully saturated rings. The van der Waals surface area contributed by atoms with Gasteiger partial charge in [-0.3, -0.25) is 0 Å². The van der Waals surface area contributed by atoms with E-state index in [0.29, 0.717) is 11.3 Å². The third-order valence-corrected chi connectivity index (χ3v) is 3.19. The molecule has 0 amide bonds. The lowest BCUT2D eigenvalue weighted by Crippen LogP contribution is -2.14. The minimum atomic E-state index is -1.37. The van der Waals surface area contributed by atoms with Crippen LogP contribution in [-0.2, 0) is 6.42 Å². The Bertz CT molecular complexity index is 726. The van der Waals surface area contributed by atoms with Crippen LogP contribution in [0, 0.1) is 0 Å². The molecule has 0 radical (unpaired) electrons. The van der Waals surface area contributed by atoms with Gasteiger partial charge in [0.2, 0.25) is 0 Å². The molecule has 21 heavy (non-hydrogen) atoms. The number of carboxylic acid groups (broad SMARTS) is 2. The highest BCUT2D eigenvalue weighted by Crippen LogP contribution is 2.25. The third kappa shape index (κ3) is 2.79. The summed E-state index contributed by atoms with van der Waals surface area (Å²) in [4.78, 5) is 22.7. The van der Waals surface area contributed by atoms with Gasteiger partial charge < -0.3 is 21.7 Å². The van der Waals surface area contributed by atoms with Crippen LogP contribution >= 0.6 is 0 Å². The fraction of sp³-hybridized carbons (Fsp3) is 0.0667. The zero-order valence-electron chi connectivity index (χ0n) is 11.0. The van der Waals surface area contributed by atoms with Gasteiger partial charge in [0.05, 0.1) is 11.1 Å². The summed E-state index contributed by atoms with van der Waals surface area (Å²) in [7, 11) is 0. The van der Waals surface area contributed by atoms with Crippen LogP contribution < -0.4 is 11.5 Å². The number of hydrogen-bond donors (Lipinski definition) is 4. The molecule has 2 rings (SSSR count). The van der Waals surface area contributed by atoms with Gasteiger partial charge in [-0.2, -0.15) is 0 Å². The van der Waals surface area contributed by atoms with Gasteiger partial charge in [0.25, 0.3) is 0 Å². The summed E-state index contributed by atoms with van der Waals surface area (Å²) in [6.45, 7) is 0. The normalized spacial score (nSPS) is 10.3. The smallest absolute Gasteiger partial charge is 0.338 e. The standard InChI is InChI=1S/C15H14N2O4/c16-10-4-2-1-3-8(10)7-9-5-6-11(17)13(15(20)21)12(9)14(18)19/h1-6H,7,16-17H2,(H,18,19)(H,20,21). The molecule has 6 nitrogen and oxygen atoms in total. The molecule has 2 aromatic rings. The third-order valence-electron chi connectivity index (χ3n) is 3.19. The Hall–Kier alpha value is -3.02. The Kier molecular flexibility index (Phi) is 3.80. The number of hydrogen-bond acceptors (Lipinski definition) is 4. The summed E-state index contributed by atoms with van der Waals surface area (Å²) in [5.41, 5.74) is 12.2. The van der Waals surface area contributed by atoms with Crippen molar-refractivity contribution < 1.29 is 19.8 Å². The maximum atomic E-state index is 11.4. The molecule has 0 saturated heterocycles. The lowest BCUT2D eigenvalue weighted by molar-refractivity contribution is 0.0651. The number of carbonyl (C=O) groups is 2. The van der Waals surface area contributed by atoms with Crippen LogP contribution in [0.3, 0.4) is 0 Å². The van der Waals surface area contributed by atoms with Crippen molar-refractivity contribution in [3.8, 4) is 0 Å². The topological polar surface area (TPSA) is 127 Å². The van der Waals surface area contributed by atoms with Crippen LogP contribution in [-0.4, -0.2) is 22.2 Å². The second-order valence-electron chi connectivity index (χ2n) is 4.55. The molecule has 6 N–H and O–H groups in total. The maximum absolute atomic E-state index is 11.4. The highest BCUT2D eigenvalue weighted by molar-refractivity contribution is 6.06. The molecule has 6 heteroatoms. The van der Waals surface area contributed by atoms with Gasteiger partial charge >= 0.3 is 11.9 Å². The summed E-state index contributed by atoms with van der Waals surface area (Å²) in [5.74, 6) is -2.70. The summed E-state index contributed by atoms with van der Waals surface area (Å²) in [6.07, 6.45) is 0.217. The number of rotatable bonds is 4. The highest BCUT2D eigenvalue weighted by atomic mass is 16.4. The van der Waals surface area contributed by atoms with E-state index in [0.717, 1.165) is 5.56 Å². The van der Waals surface area contributed by atoms with Gasteiger partial charge in [-0.05, 0) is 23.3 Å². The number of carboxylic acids is 2. The quantitative estimate of drug-likeness (QED) is 0.635. The predicted molar refractivity (Wildman–Crippen MR) is 78.4 cm³/mol. The van der Waals surface area contributed by atoms with Crippen molar-refractivity contribution in [1.29, 1.82) is 0 Å². The first-order valence-electron chi connectivity index (χ1n) is 6.13. The van der Waals surface area contributed by atoms with Crippen LogP contribution in [0.25, 0.3) is 0 Å². The predicted octanol–water partition coefficient (Wildman–Crippen LogP) is 1.84. The molecule has 0 atom stereocenters. The number of anilines is 2. The Labute approximate surface area is 120 Å². The molecular formula is C15H14N2O4. The molecule has 0 aliphatic rings. The fourth-order valence-electron chi connectivity index (χ4n) is 2.18. The average Bonchev–Trinajstić information content (AvgIpc) is 2.42. The van der Waals surface area contributed by atoms with Crippen LogP contribution in [0.1, 0.15) is 31.8 Å². The number of para-hydroxylation sites is 1. The minimum Gasteiger partial charge on any atom is -0.478 e. The largest absolute Gasteiger partial charge is 0.478 e. The van der Waals surface area contributed by atoms with Gasteiger partial charge in [-0.1, -0.05) is 24.3 Å². The Morgan fingerprint density at radius 1 is 0.810 bits per heavy atom. The van der Waals surface area contributed by atoms with Crippen LogP contribution in [0.4, 0.5) is 11.4 Å². The van der Waals surface area contributed by atoms with Gasteiger partial charge in [0, 0.05) is 17.8 Å². The lowest BCUT2D eigenvalue weighted by atomic mass is 9.94. The SMILES string of the molecule is Nc1ccccc1Cc1ccc(N)c(C(=O)O)c1C(=O)O. The fourth-order valence-corrected chi connectivity index (χ4v) is 2.18. The first kappa shape index (κ1) is 14.4. The first-order valence-corrected chi connectivity index (χ1v) is 6.13. The van der Waals surface area contributed by atoms with E-state index >= 15 is 0 Å². The van der Waals surface area contributed by atoms with E-state index in [1.165, 1.54) is 12.1 Å². The van der Waals surface area contributed by atoms with Gasteiger partial charge in [0.15, 0.2) is 0 Å². The summed E-state index contributed by atoms with van der Waals surface area (Å²) < 4.78 is 0. The first-order chi connectivity index (χ1) is 9.91. The molecular weight excluding hydrogens is 272 g/mol. The zero-order valence-corrected chi connectivity index (χ0v) is 11.0. The van der Waals surface area contributed by atoms with Crippen molar-refractivity contribution in [2.75, 3.05) is 11.5 Å². The molecule has 0 heterocycles. The Morgan fingerprint density at radius 3 is 2.00 bits per heavy atom. The molecule has 0 saturated carbocycles. The zero-order chi connectivity index (χ0) is 15.6. The van der Waals surface area contributed by atoms with Crippen LogP contribution in [0.2, 0.25) is 0 Å². The molecule has 2 aromatic carbocycles. The average molecular weight is 286 g/mol. The van der Waals surface area contributed by atoms with Crippen LogP contribution in [0.5, 0.6) is 0 Å². The van der Waals surface area contributed by atoms with E-state index in [1.807, 2.05) is 0 Å². The molecule has 0 spiro atoms. The lowest BCUT2D eigenvalue weighted by Gasteiger charge is -2.12. The van der Waals surface area contributed by atoms with E-state index in [4.69, 9.17) is 11.5 Å². The monoisotopic (exact) mass is 286 g/mol. The summed E-state index contributed by atoms with van der Waals surface area (Å²) >= 11 is 0. The van der Waals surface area contributed by atoms with Crippen molar-refractivity contribution in [3.63, 3.8) is 0 Å².